The van der Waals surface area contributed by atoms with E-state index in [1.807, 2.05) is 0 Å². The van der Waals surface area contributed by atoms with Crippen LogP contribution in [-0.2, 0) is 11.3 Å². The average Bonchev–Trinajstić information content (AvgIpc) is 2.26. The SMILES string of the molecule is CC(C)NCC1COCc2ccccc21.Cl. The Morgan fingerprint density at radius 1 is 1.38 bits per heavy atom. The quantitative estimate of drug-likeness (QED) is 0.879. The molecule has 1 aromatic rings. The highest BCUT2D eigenvalue weighted by molar-refractivity contribution is 5.85. The molecule has 1 heterocycles. The van der Waals surface area contributed by atoms with Gasteiger partial charge in [-0.1, -0.05) is 38.1 Å². The summed E-state index contributed by atoms with van der Waals surface area (Å²) in [6.45, 7) is 6.98. The maximum absolute atomic E-state index is 5.60. The molecule has 0 aliphatic carbocycles. The first kappa shape index (κ1) is 13.5. The minimum Gasteiger partial charge on any atom is -0.376 e. The van der Waals surface area contributed by atoms with Gasteiger partial charge in [0.25, 0.3) is 0 Å². The van der Waals surface area contributed by atoms with Crippen LogP contribution in [0.5, 0.6) is 0 Å². The van der Waals surface area contributed by atoms with E-state index in [0.717, 1.165) is 19.8 Å². The van der Waals surface area contributed by atoms with Crippen LogP contribution in [0.1, 0.15) is 30.9 Å². The molecule has 2 rings (SSSR count). The molecule has 1 unspecified atom stereocenters. The van der Waals surface area contributed by atoms with Crippen molar-refractivity contribution in [3.05, 3.63) is 35.4 Å². The zero-order valence-electron chi connectivity index (χ0n) is 9.90. The molecule has 0 aromatic heterocycles. The third-order valence-corrected chi connectivity index (χ3v) is 2.84. The summed E-state index contributed by atoms with van der Waals surface area (Å²) >= 11 is 0. The van der Waals surface area contributed by atoms with Crippen LogP contribution in [-0.4, -0.2) is 19.2 Å². The third kappa shape index (κ3) is 3.21. The van der Waals surface area contributed by atoms with Gasteiger partial charge in [-0.25, -0.2) is 0 Å². The molecular weight excluding hydrogens is 222 g/mol. The Balaban J connectivity index is 0.00000128. The lowest BCUT2D eigenvalue weighted by Gasteiger charge is -2.26. The first-order valence-corrected chi connectivity index (χ1v) is 5.66. The Morgan fingerprint density at radius 3 is 2.88 bits per heavy atom. The number of rotatable bonds is 3. The molecule has 0 spiro atoms. The number of halogens is 1. The lowest BCUT2D eigenvalue weighted by Crippen LogP contribution is -2.32. The van der Waals surface area contributed by atoms with Gasteiger partial charge in [0.05, 0.1) is 13.2 Å². The minimum absolute atomic E-state index is 0. The fourth-order valence-electron chi connectivity index (χ4n) is 2.01. The Labute approximate surface area is 104 Å². The summed E-state index contributed by atoms with van der Waals surface area (Å²) < 4.78 is 5.60. The number of hydrogen-bond donors (Lipinski definition) is 1. The first-order chi connectivity index (χ1) is 7.27. The molecule has 0 amide bonds. The van der Waals surface area contributed by atoms with Gasteiger partial charge < -0.3 is 10.1 Å². The van der Waals surface area contributed by atoms with E-state index in [1.165, 1.54) is 11.1 Å². The van der Waals surface area contributed by atoms with Gasteiger partial charge in [0.15, 0.2) is 0 Å². The molecule has 16 heavy (non-hydrogen) atoms. The van der Waals surface area contributed by atoms with E-state index in [-0.39, 0.29) is 12.4 Å². The van der Waals surface area contributed by atoms with Crippen LogP contribution >= 0.6 is 12.4 Å². The summed E-state index contributed by atoms with van der Waals surface area (Å²) in [7, 11) is 0. The van der Waals surface area contributed by atoms with Crippen LogP contribution in [0.2, 0.25) is 0 Å². The van der Waals surface area contributed by atoms with Crippen molar-refractivity contribution in [3.8, 4) is 0 Å². The monoisotopic (exact) mass is 241 g/mol. The smallest absolute Gasteiger partial charge is 0.0719 e. The predicted octanol–water partition coefficient (Wildman–Crippen LogP) is 2.72. The molecule has 0 saturated carbocycles. The lowest BCUT2D eigenvalue weighted by molar-refractivity contribution is 0.0902. The van der Waals surface area contributed by atoms with Crippen molar-refractivity contribution >= 4 is 12.4 Å². The number of fused-ring (bicyclic) bond motifs is 1. The molecular formula is C13H20ClNO. The second-order valence-corrected chi connectivity index (χ2v) is 4.47. The van der Waals surface area contributed by atoms with Crippen molar-refractivity contribution in [2.45, 2.75) is 32.4 Å². The fraction of sp³-hybridized carbons (Fsp3) is 0.538. The molecule has 1 aliphatic rings. The topological polar surface area (TPSA) is 21.3 Å². The van der Waals surface area contributed by atoms with E-state index in [4.69, 9.17) is 4.74 Å². The molecule has 0 bridgehead atoms. The maximum atomic E-state index is 5.60. The molecule has 1 N–H and O–H groups in total. The highest BCUT2D eigenvalue weighted by Gasteiger charge is 2.19. The second kappa shape index (κ2) is 6.24. The van der Waals surface area contributed by atoms with Crippen molar-refractivity contribution in [2.24, 2.45) is 0 Å². The van der Waals surface area contributed by atoms with Gasteiger partial charge in [0, 0.05) is 18.5 Å². The van der Waals surface area contributed by atoms with Gasteiger partial charge >= 0.3 is 0 Å². The lowest BCUT2D eigenvalue weighted by atomic mass is 9.93. The Hall–Kier alpha value is -0.570. The van der Waals surface area contributed by atoms with Crippen molar-refractivity contribution in [3.63, 3.8) is 0 Å². The second-order valence-electron chi connectivity index (χ2n) is 4.47. The molecule has 1 aliphatic heterocycles. The van der Waals surface area contributed by atoms with Gasteiger partial charge in [-0.15, -0.1) is 12.4 Å². The average molecular weight is 242 g/mol. The van der Waals surface area contributed by atoms with Gasteiger partial charge in [-0.3, -0.25) is 0 Å². The van der Waals surface area contributed by atoms with E-state index in [2.05, 4.69) is 43.4 Å². The zero-order valence-corrected chi connectivity index (χ0v) is 10.7. The highest BCUT2D eigenvalue weighted by Crippen LogP contribution is 2.25. The highest BCUT2D eigenvalue weighted by atomic mass is 35.5. The summed E-state index contributed by atoms with van der Waals surface area (Å²) in [5.41, 5.74) is 2.80. The third-order valence-electron chi connectivity index (χ3n) is 2.84. The molecule has 90 valence electrons. The number of hydrogen-bond acceptors (Lipinski definition) is 2. The minimum atomic E-state index is 0. The Kier molecular flexibility index (Phi) is 5.26. The summed E-state index contributed by atoms with van der Waals surface area (Å²) in [5.74, 6) is 0.511. The van der Waals surface area contributed by atoms with Crippen LogP contribution < -0.4 is 5.32 Å². The van der Waals surface area contributed by atoms with Crippen molar-refractivity contribution < 1.29 is 4.74 Å². The van der Waals surface area contributed by atoms with E-state index in [1.54, 1.807) is 0 Å². The van der Waals surface area contributed by atoms with Gasteiger partial charge in [-0.2, -0.15) is 0 Å². The number of benzene rings is 1. The van der Waals surface area contributed by atoms with Crippen molar-refractivity contribution in [1.82, 2.24) is 5.32 Å². The van der Waals surface area contributed by atoms with Gasteiger partial charge in [0.1, 0.15) is 0 Å². The van der Waals surface area contributed by atoms with Crippen LogP contribution in [0.25, 0.3) is 0 Å². The first-order valence-electron chi connectivity index (χ1n) is 5.66. The summed E-state index contributed by atoms with van der Waals surface area (Å²) in [6.07, 6.45) is 0. The van der Waals surface area contributed by atoms with Gasteiger partial charge in [-0.05, 0) is 11.1 Å². The van der Waals surface area contributed by atoms with Crippen LogP contribution in [0, 0.1) is 0 Å². The molecule has 2 nitrogen and oxygen atoms in total. The number of ether oxygens (including phenoxy) is 1. The van der Waals surface area contributed by atoms with Crippen LogP contribution in [0.15, 0.2) is 24.3 Å². The van der Waals surface area contributed by atoms with Crippen LogP contribution in [0.4, 0.5) is 0 Å². The Morgan fingerprint density at radius 2 is 2.12 bits per heavy atom. The van der Waals surface area contributed by atoms with Crippen molar-refractivity contribution in [1.29, 1.82) is 0 Å². The zero-order chi connectivity index (χ0) is 10.7. The van der Waals surface area contributed by atoms with Gasteiger partial charge in [0.2, 0.25) is 0 Å². The number of nitrogens with one attached hydrogen (secondary N) is 1. The van der Waals surface area contributed by atoms with E-state index in [0.29, 0.717) is 12.0 Å². The maximum Gasteiger partial charge on any atom is 0.0719 e. The Bertz CT molecular complexity index is 327. The summed E-state index contributed by atoms with van der Waals surface area (Å²) in [6, 6.07) is 9.13. The normalized spacial score (nSPS) is 19.1. The largest absolute Gasteiger partial charge is 0.376 e. The molecule has 1 atom stereocenters. The molecule has 0 radical (unpaired) electrons. The van der Waals surface area contributed by atoms with E-state index in [9.17, 15) is 0 Å². The molecule has 0 fully saturated rings. The predicted molar refractivity (Wildman–Crippen MR) is 69.2 cm³/mol. The molecule has 1 aromatic carbocycles. The standard InChI is InChI=1S/C13H19NO.ClH/c1-10(2)14-7-12-9-15-8-11-5-3-4-6-13(11)12;/h3-6,10,12,14H,7-9H2,1-2H3;1H. The van der Waals surface area contributed by atoms with Crippen LogP contribution in [0.3, 0.4) is 0 Å². The summed E-state index contributed by atoms with van der Waals surface area (Å²) in [4.78, 5) is 0. The van der Waals surface area contributed by atoms with Crippen molar-refractivity contribution in [2.75, 3.05) is 13.2 Å². The summed E-state index contributed by atoms with van der Waals surface area (Å²) in [5, 5.41) is 3.48. The van der Waals surface area contributed by atoms with E-state index < -0.39 is 0 Å². The van der Waals surface area contributed by atoms with E-state index >= 15 is 0 Å². The fourth-order valence-corrected chi connectivity index (χ4v) is 2.01. The molecule has 3 heteroatoms. The molecule has 0 saturated heterocycles.